The molecule has 3 heterocycles. The van der Waals surface area contributed by atoms with Gasteiger partial charge in [0.1, 0.15) is 11.9 Å². The third kappa shape index (κ3) is 3.31. The molecule has 0 atom stereocenters. The smallest absolute Gasteiger partial charge is 0.183 e. The highest BCUT2D eigenvalue weighted by molar-refractivity contribution is 7.13. The van der Waals surface area contributed by atoms with Gasteiger partial charge in [-0.3, -0.25) is 0 Å². The Morgan fingerprint density at radius 2 is 2.19 bits per heavy atom. The standard InChI is InChI=1S/C15H17N5S/c1-11-10-21-15(18-11)19-13-4-6-20(7-5-13)14-3-2-12(8-16)9-17-14/h2-3,9-10,13H,4-7H2,1H3,(H,18,19). The summed E-state index contributed by atoms with van der Waals surface area (Å²) in [5.74, 6) is 0.956. The molecular weight excluding hydrogens is 282 g/mol. The first-order valence-corrected chi connectivity index (χ1v) is 7.92. The highest BCUT2D eigenvalue weighted by Crippen LogP contribution is 2.22. The Morgan fingerprint density at radius 1 is 1.38 bits per heavy atom. The summed E-state index contributed by atoms with van der Waals surface area (Å²) in [5, 5.41) is 15.4. The third-order valence-corrected chi connectivity index (χ3v) is 4.53. The number of aryl methyl sites for hydroxylation is 1. The SMILES string of the molecule is Cc1csc(NC2CCN(c3ccc(C#N)cn3)CC2)n1. The van der Waals surface area contributed by atoms with Crippen molar-refractivity contribution in [1.29, 1.82) is 5.26 Å². The van der Waals surface area contributed by atoms with E-state index < -0.39 is 0 Å². The van der Waals surface area contributed by atoms with Crippen molar-refractivity contribution in [3.8, 4) is 6.07 Å². The first-order valence-electron chi connectivity index (χ1n) is 7.04. The van der Waals surface area contributed by atoms with E-state index in [2.05, 4.69) is 31.6 Å². The average molecular weight is 299 g/mol. The lowest BCUT2D eigenvalue weighted by atomic mass is 10.1. The number of nitrogens with one attached hydrogen (secondary N) is 1. The van der Waals surface area contributed by atoms with Gasteiger partial charge in [0.2, 0.25) is 0 Å². The highest BCUT2D eigenvalue weighted by atomic mass is 32.1. The normalized spacial score (nSPS) is 15.7. The van der Waals surface area contributed by atoms with Gasteiger partial charge in [-0.1, -0.05) is 0 Å². The molecule has 2 aromatic heterocycles. The Kier molecular flexibility index (Phi) is 4.02. The van der Waals surface area contributed by atoms with Crippen LogP contribution in [0.25, 0.3) is 0 Å². The zero-order valence-corrected chi connectivity index (χ0v) is 12.7. The van der Waals surface area contributed by atoms with Gasteiger partial charge in [-0.15, -0.1) is 11.3 Å². The molecule has 1 aliphatic heterocycles. The second-order valence-electron chi connectivity index (χ2n) is 5.22. The Labute approximate surface area is 128 Å². The van der Waals surface area contributed by atoms with Crippen LogP contribution in [0.1, 0.15) is 24.1 Å². The van der Waals surface area contributed by atoms with Crippen molar-refractivity contribution in [2.24, 2.45) is 0 Å². The number of aromatic nitrogens is 2. The molecule has 1 fully saturated rings. The Morgan fingerprint density at radius 3 is 2.76 bits per heavy atom. The molecule has 0 radical (unpaired) electrons. The molecule has 1 aliphatic rings. The number of anilines is 2. The molecule has 1 saturated heterocycles. The molecule has 3 rings (SSSR count). The number of pyridine rings is 1. The Balaban J connectivity index is 1.56. The van der Waals surface area contributed by atoms with Crippen molar-refractivity contribution in [3.63, 3.8) is 0 Å². The van der Waals surface area contributed by atoms with Gasteiger partial charge >= 0.3 is 0 Å². The molecule has 6 heteroatoms. The van der Waals surface area contributed by atoms with E-state index in [0.717, 1.165) is 42.6 Å². The number of piperidine rings is 1. The van der Waals surface area contributed by atoms with Crippen LogP contribution in [0.4, 0.5) is 10.9 Å². The first-order chi connectivity index (χ1) is 10.2. The van der Waals surface area contributed by atoms with Crippen molar-refractivity contribution < 1.29 is 0 Å². The zero-order chi connectivity index (χ0) is 14.7. The molecule has 0 aromatic carbocycles. The third-order valence-electron chi connectivity index (χ3n) is 3.64. The van der Waals surface area contributed by atoms with Gasteiger partial charge < -0.3 is 10.2 Å². The van der Waals surface area contributed by atoms with Gasteiger partial charge in [-0.2, -0.15) is 5.26 Å². The molecule has 0 aliphatic carbocycles. The minimum absolute atomic E-state index is 0.477. The zero-order valence-electron chi connectivity index (χ0n) is 11.9. The molecule has 0 saturated carbocycles. The lowest BCUT2D eigenvalue weighted by Gasteiger charge is -2.33. The average Bonchev–Trinajstić information content (AvgIpc) is 2.93. The van der Waals surface area contributed by atoms with Gasteiger partial charge in [0, 0.05) is 30.7 Å². The summed E-state index contributed by atoms with van der Waals surface area (Å²) in [4.78, 5) is 11.1. The first kappa shape index (κ1) is 13.8. The molecule has 1 N–H and O–H groups in total. The lowest BCUT2D eigenvalue weighted by Crippen LogP contribution is -2.39. The molecule has 0 spiro atoms. The molecule has 21 heavy (non-hydrogen) atoms. The number of hydrogen-bond acceptors (Lipinski definition) is 6. The van der Waals surface area contributed by atoms with E-state index >= 15 is 0 Å². The number of nitrogens with zero attached hydrogens (tertiary/aromatic N) is 4. The van der Waals surface area contributed by atoms with Crippen LogP contribution < -0.4 is 10.2 Å². The van der Waals surface area contributed by atoms with Crippen molar-refractivity contribution in [3.05, 3.63) is 35.0 Å². The summed E-state index contributed by atoms with van der Waals surface area (Å²) in [6.07, 6.45) is 3.78. The van der Waals surface area contributed by atoms with Crippen LogP contribution in [0.5, 0.6) is 0 Å². The molecular formula is C15H17N5S. The molecule has 108 valence electrons. The summed E-state index contributed by atoms with van der Waals surface area (Å²) in [7, 11) is 0. The van der Waals surface area contributed by atoms with E-state index in [0.29, 0.717) is 11.6 Å². The molecule has 0 unspecified atom stereocenters. The largest absolute Gasteiger partial charge is 0.359 e. The second-order valence-corrected chi connectivity index (χ2v) is 6.07. The number of hydrogen-bond donors (Lipinski definition) is 1. The molecule has 0 bridgehead atoms. The quantitative estimate of drug-likeness (QED) is 0.944. The monoisotopic (exact) mass is 299 g/mol. The predicted molar refractivity (Wildman–Crippen MR) is 84.7 cm³/mol. The van der Waals surface area contributed by atoms with E-state index in [-0.39, 0.29) is 0 Å². The number of rotatable bonds is 3. The van der Waals surface area contributed by atoms with E-state index in [1.54, 1.807) is 17.5 Å². The maximum absolute atomic E-state index is 8.80. The van der Waals surface area contributed by atoms with E-state index in [4.69, 9.17) is 5.26 Å². The van der Waals surface area contributed by atoms with Gasteiger partial charge in [-0.05, 0) is 31.9 Å². The van der Waals surface area contributed by atoms with Crippen molar-refractivity contribution in [2.75, 3.05) is 23.3 Å². The lowest BCUT2D eigenvalue weighted by molar-refractivity contribution is 0.523. The van der Waals surface area contributed by atoms with E-state index in [1.807, 2.05) is 19.1 Å². The van der Waals surface area contributed by atoms with Crippen LogP contribution in [0.2, 0.25) is 0 Å². The highest BCUT2D eigenvalue weighted by Gasteiger charge is 2.20. The van der Waals surface area contributed by atoms with Crippen LogP contribution in [0.3, 0.4) is 0 Å². The van der Waals surface area contributed by atoms with Gasteiger partial charge in [-0.25, -0.2) is 9.97 Å². The van der Waals surface area contributed by atoms with E-state index in [1.165, 1.54) is 0 Å². The minimum atomic E-state index is 0.477. The molecule has 5 nitrogen and oxygen atoms in total. The van der Waals surface area contributed by atoms with Crippen LogP contribution in [0.15, 0.2) is 23.7 Å². The summed E-state index contributed by atoms with van der Waals surface area (Å²) in [6.45, 7) is 3.96. The fraction of sp³-hybridized carbons (Fsp3) is 0.400. The van der Waals surface area contributed by atoms with Crippen LogP contribution in [-0.2, 0) is 0 Å². The summed E-state index contributed by atoms with van der Waals surface area (Å²) < 4.78 is 0. The topological polar surface area (TPSA) is 64.8 Å². The maximum atomic E-state index is 8.80. The van der Waals surface area contributed by atoms with Gasteiger partial charge in [0.15, 0.2) is 5.13 Å². The van der Waals surface area contributed by atoms with Crippen molar-refractivity contribution in [2.45, 2.75) is 25.8 Å². The predicted octanol–water partition coefficient (Wildman–Crippen LogP) is 2.80. The summed E-state index contributed by atoms with van der Waals surface area (Å²) >= 11 is 1.67. The van der Waals surface area contributed by atoms with Gasteiger partial charge in [0.25, 0.3) is 0 Å². The summed E-state index contributed by atoms with van der Waals surface area (Å²) in [5.41, 5.74) is 1.68. The number of thiazole rings is 1. The van der Waals surface area contributed by atoms with Crippen LogP contribution in [0, 0.1) is 18.3 Å². The fourth-order valence-corrected chi connectivity index (χ4v) is 3.25. The second kappa shape index (κ2) is 6.10. The van der Waals surface area contributed by atoms with E-state index in [9.17, 15) is 0 Å². The van der Waals surface area contributed by atoms with Crippen LogP contribution >= 0.6 is 11.3 Å². The van der Waals surface area contributed by atoms with Crippen molar-refractivity contribution in [1.82, 2.24) is 9.97 Å². The number of nitriles is 1. The summed E-state index contributed by atoms with van der Waals surface area (Å²) in [6, 6.07) is 6.33. The molecule has 2 aromatic rings. The minimum Gasteiger partial charge on any atom is -0.359 e. The van der Waals surface area contributed by atoms with Crippen LogP contribution in [-0.4, -0.2) is 29.1 Å². The maximum Gasteiger partial charge on any atom is 0.183 e. The fourth-order valence-electron chi connectivity index (χ4n) is 2.49. The van der Waals surface area contributed by atoms with Crippen molar-refractivity contribution >= 4 is 22.3 Å². The molecule has 0 amide bonds. The van der Waals surface area contributed by atoms with Gasteiger partial charge in [0.05, 0.1) is 11.3 Å². The Bertz CT molecular complexity index is 635. The Hall–Kier alpha value is -2.13.